The predicted molar refractivity (Wildman–Crippen MR) is 65.9 cm³/mol. The van der Waals surface area contributed by atoms with Crippen molar-refractivity contribution in [3.05, 3.63) is 41.6 Å². The maximum atomic E-state index is 11.4. The number of nitrogens with zero attached hydrogens (tertiary/aromatic N) is 2. The van der Waals surface area contributed by atoms with Gasteiger partial charge in [0.1, 0.15) is 0 Å². The van der Waals surface area contributed by atoms with Crippen molar-refractivity contribution in [3.8, 4) is 0 Å². The third-order valence-electron chi connectivity index (χ3n) is 3.39. The Labute approximate surface area is 100 Å². The number of hydrogen-bond donors (Lipinski definition) is 1. The zero-order valence-corrected chi connectivity index (χ0v) is 9.60. The van der Waals surface area contributed by atoms with Gasteiger partial charge in [-0.05, 0) is 25.0 Å². The second-order valence-corrected chi connectivity index (χ2v) is 4.41. The molecule has 2 aliphatic rings. The van der Waals surface area contributed by atoms with Crippen LogP contribution in [-0.2, 0) is 4.79 Å². The molecule has 1 aromatic carbocycles. The van der Waals surface area contributed by atoms with Crippen molar-refractivity contribution < 1.29 is 4.79 Å². The fourth-order valence-electron chi connectivity index (χ4n) is 2.61. The highest BCUT2D eigenvalue weighted by molar-refractivity contribution is 5.94. The minimum Gasteiger partial charge on any atom is -0.366 e. The molecule has 0 bridgehead atoms. The molecule has 0 atom stereocenters. The highest BCUT2D eigenvalue weighted by Crippen LogP contribution is 2.35. The highest BCUT2D eigenvalue weighted by Gasteiger charge is 2.35. The van der Waals surface area contributed by atoms with Crippen molar-refractivity contribution in [2.45, 2.75) is 12.8 Å². The quantitative estimate of drug-likeness (QED) is 0.830. The molecule has 4 nitrogen and oxygen atoms in total. The van der Waals surface area contributed by atoms with Crippen LogP contribution in [0.4, 0.5) is 5.69 Å². The van der Waals surface area contributed by atoms with Gasteiger partial charge in [-0.2, -0.15) is 0 Å². The number of hydrogen-bond acceptors (Lipinski definition) is 3. The van der Waals surface area contributed by atoms with Crippen molar-refractivity contribution in [2.75, 3.05) is 18.1 Å². The molecular formula is C13H15N3O. The molecule has 0 saturated carbocycles. The van der Waals surface area contributed by atoms with E-state index in [9.17, 15) is 4.79 Å². The number of carbonyl (C=O) groups excluding carboxylic acids is 1. The Bertz CT molecular complexity index is 481. The van der Waals surface area contributed by atoms with E-state index in [1.807, 2.05) is 18.2 Å². The minimum atomic E-state index is -0.287. The smallest absolute Gasteiger partial charge is 0.248 e. The van der Waals surface area contributed by atoms with Gasteiger partial charge in [0.15, 0.2) is 0 Å². The van der Waals surface area contributed by atoms with Gasteiger partial charge in [-0.15, -0.1) is 0 Å². The zero-order chi connectivity index (χ0) is 11.8. The SMILES string of the molecule is NC(=O)C1=C2CCCN2N(c2ccccc2)C1. The third-order valence-corrected chi connectivity index (χ3v) is 3.39. The topological polar surface area (TPSA) is 49.6 Å². The van der Waals surface area contributed by atoms with Crippen molar-refractivity contribution in [3.63, 3.8) is 0 Å². The Kier molecular flexibility index (Phi) is 2.28. The van der Waals surface area contributed by atoms with Crippen LogP contribution in [0.2, 0.25) is 0 Å². The van der Waals surface area contributed by atoms with E-state index in [0.29, 0.717) is 6.54 Å². The lowest BCUT2D eigenvalue weighted by Crippen LogP contribution is -2.35. The zero-order valence-electron chi connectivity index (χ0n) is 9.60. The molecule has 0 radical (unpaired) electrons. The molecule has 0 spiro atoms. The average molecular weight is 229 g/mol. The van der Waals surface area contributed by atoms with Crippen molar-refractivity contribution in [2.24, 2.45) is 5.73 Å². The first kappa shape index (κ1) is 10.2. The third kappa shape index (κ3) is 1.56. The van der Waals surface area contributed by atoms with E-state index in [1.165, 1.54) is 0 Å². The molecule has 17 heavy (non-hydrogen) atoms. The number of allylic oxidation sites excluding steroid dienone is 1. The summed E-state index contributed by atoms with van der Waals surface area (Å²) in [6.07, 6.45) is 2.05. The maximum absolute atomic E-state index is 11.4. The number of para-hydroxylation sites is 1. The number of amides is 1. The number of hydrazine groups is 1. The van der Waals surface area contributed by atoms with Gasteiger partial charge in [0, 0.05) is 12.2 Å². The molecule has 3 rings (SSSR count). The molecule has 88 valence electrons. The summed E-state index contributed by atoms with van der Waals surface area (Å²) in [7, 11) is 0. The molecular weight excluding hydrogens is 214 g/mol. The van der Waals surface area contributed by atoms with Crippen LogP contribution < -0.4 is 10.7 Å². The second kappa shape index (κ2) is 3.80. The molecule has 0 unspecified atom stereocenters. The van der Waals surface area contributed by atoms with Crippen LogP contribution in [0.1, 0.15) is 12.8 Å². The lowest BCUT2D eigenvalue weighted by molar-refractivity contribution is -0.114. The van der Waals surface area contributed by atoms with Crippen LogP contribution in [0.25, 0.3) is 0 Å². The number of anilines is 1. The van der Waals surface area contributed by atoms with Crippen LogP contribution in [-0.4, -0.2) is 24.0 Å². The van der Waals surface area contributed by atoms with E-state index < -0.39 is 0 Å². The first-order chi connectivity index (χ1) is 8.27. The molecule has 2 aliphatic heterocycles. The first-order valence-electron chi connectivity index (χ1n) is 5.89. The molecule has 1 saturated heterocycles. The van der Waals surface area contributed by atoms with Gasteiger partial charge in [-0.3, -0.25) is 14.8 Å². The van der Waals surface area contributed by atoms with E-state index in [2.05, 4.69) is 22.2 Å². The summed E-state index contributed by atoms with van der Waals surface area (Å²) in [4.78, 5) is 11.4. The molecule has 1 amide bonds. The largest absolute Gasteiger partial charge is 0.366 e. The van der Waals surface area contributed by atoms with Crippen molar-refractivity contribution in [1.82, 2.24) is 5.01 Å². The Morgan fingerprint density at radius 1 is 1.18 bits per heavy atom. The molecule has 1 aromatic rings. The average Bonchev–Trinajstić information content (AvgIpc) is 2.90. The first-order valence-corrected chi connectivity index (χ1v) is 5.89. The fourth-order valence-corrected chi connectivity index (χ4v) is 2.61. The number of carbonyl (C=O) groups is 1. The fraction of sp³-hybridized carbons (Fsp3) is 0.308. The molecule has 1 fully saturated rings. The summed E-state index contributed by atoms with van der Waals surface area (Å²) in [5.41, 5.74) is 8.44. The van der Waals surface area contributed by atoms with E-state index in [-0.39, 0.29) is 5.91 Å². The molecule has 4 heteroatoms. The molecule has 2 heterocycles. The summed E-state index contributed by atoms with van der Waals surface area (Å²) < 4.78 is 0. The normalized spacial score (nSPS) is 18.8. The van der Waals surface area contributed by atoms with Gasteiger partial charge >= 0.3 is 0 Å². The summed E-state index contributed by atoms with van der Waals surface area (Å²) in [6, 6.07) is 10.1. The Balaban J connectivity index is 1.95. The second-order valence-electron chi connectivity index (χ2n) is 4.41. The van der Waals surface area contributed by atoms with E-state index in [0.717, 1.165) is 36.3 Å². The van der Waals surface area contributed by atoms with E-state index in [4.69, 9.17) is 5.73 Å². The van der Waals surface area contributed by atoms with Crippen molar-refractivity contribution in [1.29, 1.82) is 0 Å². The summed E-state index contributed by atoms with van der Waals surface area (Å²) in [5, 5.41) is 4.33. The molecule has 2 N–H and O–H groups in total. The van der Waals surface area contributed by atoms with Gasteiger partial charge < -0.3 is 5.73 Å². The standard InChI is InChI=1S/C13H15N3O/c14-13(17)11-9-16(10-5-2-1-3-6-10)15-8-4-7-12(11)15/h1-3,5-6H,4,7-9H2,(H2,14,17). The van der Waals surface area contributed by atoms with Crippen LogP contribution in [0.5, 0.6) is 0 Å². The number of rotatable bonds is 2. The Morgan fingerprint density at radius 3 is 2.65 bits per heavy atom. The van der Waals surface area contributed by atoms with E-state index >= 15 is 0 Å². The predicted octanol–water partition coefficient (Wildman–Crippen LogP) is 1.26. The van der Waals surface area contributed by atoms with Crippen molar-refractivity contribution >= 4 is 11.6 Å². The monoisotopic (exact) mass is 229 g/mol. The summed E-state index contributed by atoms with van der Waals surface area (Å²) in [6.45, 7) is 1.58. The molecule has 0 aromatic heterocycles. The van der Waals surface area contributed by atoms with Gasteiger partial charge in [-0.1, -0.05) is 18.2 Å². The van der Waals surface area contributed by atoms with Crippen LogP contribution in [0.15, 0.2) is 41.6 Å². The minimum absolute atomic E-state index is 0.287. The number of fused-ring (bicyclic) bond motifs is 1. The summed E-state index contributed by atoms with van der Waals surface area (Å²) >= 11 is 0. The Hall–Kier alpha value is -1.97. The lowest BCUT2D eigenvalue weighted by Gasteiger charge is -2.30. The van der Waals surface area contributed by atoms with Crippen LogP contribution >= 0.6 is 0 Å². The van der Waals surface area contributed by atoms with Crippen LogP contribution in [0, 0.1) is 0 Å². The maximum Gasteiger partial charge on any atom is 0.248 e. The lowest BCUT2D eigenvalue weighted by atomic mass is 10.1. The summed E-state index contributed by atoms with van der Waals surface area (Å²) in [5.74, 6) is -0.287. The number of primary amides is 1. The van der Waals surface area contributed by atoms with Gasteiger partial charge in [0.2, 0.25) is 5.91 Å². The van der Waals surface area contributed by atoms with Gasteiger partial charge in [-0.25, -0.2) is 0 Å². The molecule has 0 aliphatic carbocycles. The van der Waals surface area contributed by atoms with Gasteiger partial charge in [0.25, 0.3) is 0 Å². The number of nitrogens with two attached hydrogens (primary N) is 1. The van der Waals surface area contributed by atoms with E-state index in [1.54, 1.807) is 0 Å². The van der Waals surface area contributed by atoms with Gasteiger partial charge in [0.05, 0.1) is 17.8 Å². The highest BCUT2D eigenvalue weighted by atomic mass is 16.1. The Morgan fingerprint density at radius 2 is 1.94 bits per heavy atom. The number of benzene rings is 1. The van der Waals surface area contributed by atoms with Crippen LogP contribution in [0.3, 0.4) is 0 Å².